The number of halogens is 3. The average molecular weight is 458 g/mol. The molecule has 0 radical (unpaired) electrons. The van der Waals surface area contributed by atoms with Crippen LogP contribution in [0.15, 0.2) is 36.9 Å². The van der Waals surface area contributed by atoms with Crippen molar-refractivity contribution in [1.82, 2.24) is 34.8 Å². The summed E-state index contributed by atoms with van der Waals surface area (Å²) in [6, 6.07) is 3.27. The topological polar surface area (TPSA) is 102 Å². The quantitative estimate of drug-likeness (QED) is 0.642. The van der Waals surface area contributed by atoms with Gasteiger partial charge in [-0.15, -0.1) is 4.80 Å². The predicted octanol–water partition coefficient (Wildman–Crippen LogP) is 2.88. The van der Waals surface area contributed by atoms with Crippen LogP contribution in [-0.4, -0.2) is 59.4 Å². The summed E-state index contributed by atoms with van der Waals surface area (Å²) in [6.07, 6.45) is 2.88. The van der Waals surface area contributed by atoms with E-state index in [9.17, 15) is 18.0 Å². The first-order chi connectivity index (χ1) is 15.8. The van der Waals surface area contributed by atoms with E-state index < -0.39 is 11.9 Å². The van der Waals surface area contributed by atoms with Crippen molar-refractivity contribution in [2.45, 2.75) is 44.4 Å². The lowest BCUT2D eigenvalue weighted by Crippen LogP contribution is -2.60. The van der Waals surface area contributed by atoms with Crippen molar-refractivity contribution in [3.8, 4) is 5.69 Å². The molecule has 3 fully saturated rings. The van der Waals surface area contributed by atoms with Gasteiger partial charge in [0.1, 0.15) is 11.5 Å². The maximum Gasteiger partial charge on any atom is 0.434 e. The molecule has 1 N–H and O–H groups in total. The predicted molar refractivity (Wildman–Crippen MR) is 111 cm³/mol. The number of nitrogens with zero attached hydrogens (tertiary/aromatic N) is 7. The molecule has 5 heterocycles. The molecule has 1 unspecified atom stereocenters. The first-order valence-electron chi connectivity index (χ1n) is 10.6. The first kappa shape index (κ1) is 21.3. The number of pyridine rings is 1. The van der Waals surface area contributed by atoms with Gasteiger partial charge in [-0.3, -0.25) is 4.79 Å². The van der Waals surface area contributed by atoms with Crippen LogP contribution in [0.3, 0.4) is 0 Å². The van der Waals surface area contributed by atoms with E-state index in [2.05, 4.69) is 30.5 Å². The third kappa shape index (κ3) is 4.12. The Labute approximate surface area is 187 Å². The van der Waals surface area contributed by atoms with Crippen LogP contribution in [0.5, 0.6) is 0 Å². The number of rotatable bonds is 4. The second-order valence-electron chi connectivity index (χ2n) is 8.38. The third-order valence-electron chi connectivity index (χ3n) is 6.16. The van der Waals surface area contributed by atoms with Crippen molar-refractivity contribution in [2.75, 3.05) is 11.9 Å². The first-order valence-corrected chi connectivity index (χ1v) is 10.6. The molecule has 3 aromatic rings. The minimum atomic E-state index is -4.54. The Balaban J connectivity index is 1.39. The Morgan fingerprint density at radius 1 is 1.12 bits per heavy atom. The Morgan fingerprint density at radius 3 is 2.58 bits per heavy atom. The zero-order valence-electron chi connectivity index (χ0n) is 17.7. The standard InChI is InChI=1S/C21H21F3N8O/c1-12-2-4-16(32-27-6-7-28-32)19(29-12)20(33)31-11-13-3-5-15(31)14(8-13)30-18-10-25-17(9-26-18)21(22,23)24/h2,4,6-7,9-10,13-15H,3,5,8,11H2,1H3,(H,26,30)/t13?,14-,15+/m1/s1. The molecule has 2 bridgehead atoms. The van der Waals surface area contributed by atoms with E-state index in [1.54, 1.807) is 12.1 Å². The van der Waals surface area contributed by atoms with E-state index in [4.69, 9.17) is 0 Å². The number of fused-ring (bicyclic) bond motifs is 3. The lowest BCUT2D eigenvalue weighted by Gasteiger charge is -2.50. The minimum Gasteiger partial charge on any atom is -0.364 e. The lowest BCUT2D eigenvalue weighted by molar-refractivity contribution is -0.141. The molecule has 3 aromatic heterocycles. The number of hydrogen-bond acceptors (Lipinski definition) is 7. The number of hydrogen-bond donors (Lipinski definition) is 1. The molecule has 0 aromatic carbocycles. The molecule has 3 aliphatic rings. The molecule has 172 valence electrons. The van der Waals surface area contributed by atoms with Crippen LogP contribution in [0, 0.1) is 12.8 Å². The van der Waals surface area contributed by atoms with Crippen molar-refractivity contribution < 1.29 is 18.0 Å². The molecule has 12 heteroatoms. The van der Waals surface area contributed by atoms with Crippen LogP contribution in [0.25, 0.3) is 5.69 Å². The van der Waals surface area contributed by atoms with Gasteiger partial charge in [-0.2, -0.15) is 23.4 Å². The summed E-state index contributed by atoms with van der Waals surface area (Å²) in [5.41, 5.74) is 0.424. The Hall–Kier alpha value is -3.57. The number of alkyl halides is 3. The van der Waals surface area contributed by atoms with Gasteiger partial charge in [0.2, 0.25) is 0 Å². The summed E-state index contributed by atoms with van der Waals surface area (Å²) in [6.45, 7) is 2.41. The molecular weight excluding hydrogens is 437 g/mol. The zero-order chi connectivity index (χ0) is 23.2. The molecule has 33 heavy (non-hydrogen) atoms. The largest absolute Gasteiger partial charge is 0.434 e. The number of carbonyl (C=O) groups excluding carboxylic acids is 1. The number of carbonyl (C=O) groups is 1. The lowest BCUT2D eigenvalue weighted by atomic mass is 9.76. The van der Waals surface area contributed by atoms with Gasteiger partial charge < -0.3 is 10.2 Å². The third-order valence-corrected chi connectivity index (χ3v) is 6.16. The van der Waals surface area contributed by atoms with Crippen LogP contribution in [-0.2, 0) is 6.18 Å². The molecule has 1 amide bonds. The molecule has 0 spiro atoms. The van der Waals surface area contributed by atoms with E-state index in [0.717, 1.165) is 25.5 Å². The smallest absolute Gasteiger partial charge is 0.364 e. The summed E-state index contributed by atoms with van der Waals surface area (Å²) in [4.78, 5) is 28.6. The van der Waals surface area contributed by atoms with Crippen LogP contribution in [0.2, 0.25) is 0 Å². The average Bonchev–Trinajstić information content (AvgIpc) is 3.33. The Kier molecular flexibility index (Phi) is 5.22. The normalized spacial score (nSPS) is 22.4. The Morgan fingerprint density at radius 2 is 1.91 bits per heavy atom. The molecule has 1 saturated carbocycles. The fourth-order valence-corrected chi connectivity index (χ4v) is 4.67. The van der Waals surface area contributed by atoms with Gasteiger partial charge in [0, 0.05) is 18.3 Å². The van der Waals surface area contributed by atoms with Crippen LogP contribution in [0.4, 0.5) is 19.0 Å². The van der Waals surface area contributed by atoms with Crippen LogP contribution < -0.4 is 5.32 Å². The van der Waals surface area contributed by atoms with Crippen molar-refractivity contribution in [3.63, 3.8) is 0 Å². The van der Waals surface area contributed by atoms with Crippen molar-refractivity contribution >= 4 is 11.7 Å². The fraction of sp³-hybridized carbons (Fsp3) is 0.429. The van der Waals surface area contributed by atoms with Crippen molar-refractivity contribution in [1.29, 1.82) is 0 Å². The van der Waals surface area contributed by atoms with E-state index in [0.29, 0.717) is 24.1 Å². The van der Waals surface area contributed by atoms with Gasteiger partial charge in [0.05, 0.1) is 30.8 Å². The van der Waals surface area contributed by atoms with Gasteiger partial charge in [-0.25, -0.2) is 15.0 Å². The number of aryl methyl sites for hydroxylation is 1. The summed E-state index contributed by atoms with van der Waals surface area (Å²) < 4.78 is 38.3. The molecule has 2 saturated heterocycles. The molecule has 1 aliphatic carbocycles. The second kappa shape index (κ2) is 8.09. The second-order valence-corrected chi connectivity index (χ2v) is 8.38. The number of aromatic nitrogens is 6. The van der Waals surface area contributed by atoms with Gasteiger partial charge >= 0.3 is 6.18 Å². The van der Waals surface area contributed by atoms with E-state index in [-0.39, 0.29) is 35.4 Å². The monoisotopic (exact) mass is 458 g/mol. The summed E-state index contributed by atoms with van der Waals surface area (Å²) in [7, 11) is 0. The SMILES string of the molecule is Cc1ccc(-n2nccn2)c(C(=O)N2CC3CC[C@H]2[C@H](Nc2cnc(C(F)(F)F)cn2)C3)n1. The van der Waals surface area contributed by atoms with E-state index in [1.165, 1.54) is 17.2 Å². The van der Waals surface area contributed by atoms with Crippen LogP contribution in [0.1, 0.15) is 41.1 Å². The number of nitrogens with one attached hydrogen (secondary N) is 1. The molecule has 9 nitrogen and oxygen atoms in total. The molecule has 3 atom stereocenters. The molecule has 2 aliphatic heterocycles. The summed E-state index contributed by atoms with van der Waals surface area (Å²) in [5.74, 6) is 0.309. The fourth-order valence-electron chi connectivity index (χ4n) is 4.67. The zero-order valence-corrected chi connectivity index (χ0v) is 17.7. The number of amides is 1. The number of piperidine rings is 2. The summed E-state index contributed by atoms with van der Waals surface area (Å²) in [5, 5.41) is 11.5. The van der Waals surface area contributed by atoms with E-state index in [1.807, 2.05) is 11.8 Å². The highest BCUT2D eigenvalue weighted by Crippen LogP contribution is 2.37. The van der Waals surface area contributed by atoms with Crippen molar-refractivity contribution in [2.24, 2.45) is 5.92 Å². The Bertz CT molecular complexity index is 1150. The number of anilines is 1. The molecular formula is C21H21F3N8O. The van der Waals surface area contributed by atoms with Crippen molar-refractivity contribution in [3.05, 3.63) is 54.0 Å². The van der Waals surface area contributed by atoms with Gasteiger partial charge in [-0.05, 0) is 44.2 Å². The van der Waals surface area contributed by atoms with E-state index >= 15 is 0 Å². The molecule has 6 rings (SSSR count). The highest BCUT2D eigenvalue weighted by Gasteiger charge is 2.44. The summed E-state index contributed by atoms with van der Waals surface area (Å²) >= 11 is 0. The van der Waals surface area contributed by atoms with Gasteiger partial charge in [0.15, 0.2) is 11.4 Å². The highest BCUT2D eigenvalue weighted by atomic mass is 19.4. The van der Waals surface area contributed by atoms with Crippen LogP contribution >= 0.6 is 0 Å². The highest BCUT2D eigenvalue weighted by molar-refractivity contribution is 5.96. The van der Waals surface area contributed by atoms with Gasteiger partial charge in [-0.1, -0.05) is 0 Å². The van der Waals surface area contributed by atoms with Gasteiger partial charge in [0.25, 0.3) is 5.91 Å². The minimum absolute atomic E-state index is 0.146. The maximum atomic E-state index is 13.6. The maximum absolute atomic E-state index is 13.6.